The number of ether oxygens (including phenoxy) is 1. The molecule has 0 spiro atoms. The molecule has 1 fully saturated rings. The lowest BCUT2D eigenvalue weighted by molar-refractivity contribution is 0.0121. The van der Waals surface area contributed by atoms with Gasteiger partial charge in [0.1, 0.15) is 11.4 Å². The van der Waals surface area contributed by atoms with Crippen molar-refractivity contribution in [3.63, 3.8) is 0 Å². The summed E-state index contributed by atoms with van der Waals surface area (Å²) in [6, 6.07) is 6.15. The van der Waals surface area contributed by atoms with E-state index in [1.807, 2.05) is 12.1 Å². The fourth-order valence-electron chi connectivity index (χ4n) is 2.79. The van der Waals surface area contributed by atoms with Crippen LogP contribution in [0.4, 0.5) is 0 Å². The van der Waals surface area contributed by atoms with Gasteiger partial charge in [0.15, 0.2) is 0 Å². The second kappa shape index (κ2) is 4.31. The van der Waals surface area contributed by atoms with Crippen LogP contribution in [0.15, 0.2) is 18.2 Å². The molecule has 0 radical (unpaired) electrons. The Bertz CT molecular complexity index is 411. The first-order valence-electron chi connectivity index (χ1n) is 6.47. The third-order valence-electron chi connectivity index (χ3n) is 3.81. The number of fused-ring (bicyclic) bond motifs is 1. The summed E-state index contributed by atoms with van der Waals surface area (Å²) in [5.41, 5.74) is 1.59. The van der Waals surface area contributed by atoms with Crippen LogP contribution in [0.1, 0.15) is 30.4 Å². The number of piperidine rings is 1. The van der Waals surface area contributed by atoms with Crippen LogP contribution in [0.3, 0.4) is 0 Å². The highest BCUT2D eigenvalue weighted by atomic mass is 16.5. The zero-order chi connectivity index (χ0) is 11.7. The molecule has 0 saturated carbocycles. The highest BCUT2D eigenvalue weighted by Gasteiger charge is 2.31. The van der Waals surface area contributed by atoms with Gasteiger partial charge >= 0.3 is 0 Å². The second-order valence-corrected chi connectivity index (χ2v) is 5.09. The molecule has 1 unspecified atom stereocenters. The summed E-state index contributed by atoms with van der Waals surface area (Å²) in [5, 5.41) is 13.9. The average molecular weight is 233 g/mol. The molecule has 0 aromatic heterocycles. The minimum absolute atomic E-state index is 0.659. The van der Waals surface area contributed by atoms with E-state index in [0.29, 0.717) is 6.54 Å². The predicted molar refractivity (Wildman–Crippen MR) is 66.3 cm³/mol. The molecule has 0 bridgehead atoms. The van der Waals surface area contributed by atoms with Crippen molar-refractivity contribution in [1.82, 2.24) is 5.32 Å². The van der Waals surface area contributed by atoms with E-state index < -0.39 is 5.60 Å². The lowest BCUT2D eigenvalue weighted by Gasteiger charge is -2.34. The molecule has 2 aliphatic rings. The van der Waals surface area contributed by atoms with Gasteiger partial charge in [-0.2, -0.15) is 0 Å². The van der Waals surface area contributed by atoms with Crippen molar-refractivity contribution in [2.75, 3.05) is 19.7 Å². The number of benzene rings is 1. The van der Waals surface area contributed by atoms with E-state index in [1.165, 1.54) is 5.56 Å². The standard InChI is InChI=1S/C14H19NO2/c16-14(6-2-7-15-10-14)12-4-5-13-11(9-12)3-1-8-17-13/h4-5,9,15-16H,1-3,6-8,10H2. The molecule has 2 aliphatic heterocycles. The Kier molecular flexibility index (Phi) is 2.81. The smallest absolute Gasteiger partial charge is 0.122 e. The normalized spacial score (nSPS) is 28.3. The Balaban J connectivity index is 1.92. The summed E-state index contributed by atoms with van der Waals surface area (Å²) in [4.78, 5) is 0. The van der Waals surface area contributed by atoms with Crippen LogP contribution in [0.5, 0.6) is 5.75 Å². The predicted octanol–water partition coefficient (Wildman–Crippen LogP) is 1.58. The molecule has 3 rings (SSSR count). The first-order valence-corrected chi connectivity index (χ1v) is 6.47. The summed E-state index contributed by atoms with van der Waals surface area (Å²) >= 11 is 0. The van der Waals surface area contributed by atoms with E-state index in [2.05, 4.69) is 11.4 Å². The van der Waals surface area contributed by atoms with Crippen LogP contribution < -0.4 is 10.1 Å². The van der Waals surface area contributed by atoms with Crippen LogP contribution in [0.25, 0.3) is 0 Å². The minimum atomic E-state index is -0.690. The van der Waals surface area contributed by atoms with Crippen LogP contribution >= 0.6 is 0 Å². The minimum Gasteiger partial charge on any atom is -0.493 e. The van der Waals surface area contributed by atoms with E-state index in [1.54, 1.807) is 0 Å². The molecule has 17 heavy (non-hydrogen) atoms. The lowest BCUT2D eigenvalue weighted by atomic mass is 9.85. The molecule has 0 amide bonds. The molecule has 2 N–H and O–H groups in total. The Hall–Kier alpha value is -1.06. The maximum absolute atomic E-state index is 10.6. The van der Waals surface area contributed by atoms with E-state index in [4.69, 9.17) is 4.74 Å². The van der Waals surface area contributed by atoms with Gasteiger partial charge in [-0.25, -0.2) is 0 Å². The van der Waals surface area contributed by atoms with Gasteiger partial charge in [0, 0.05) is 6.54 Å². The van der Waals surface area contributed by atoms with Gasteiger partial charge in [-0.3, -0.25) is 0 Å². The molecule has 1 aromatic rings. The van der Waals surface area contributed by atoms with Gasteiger partial charge in [-0.05, 0) is 55.5 Å². The fraction of sp³-hybridized carbons (Fsp3) is 0.571. The number of rotatable bonds is 1. The number of aliphatic hydroxyl groups is 1. The van der Waals surface area contributed by atoms with Gasteiger partial charge in [0.25, 0.3) is 0 Å². The average Bonchev–Trinajstić information content (AvgIpc) is 2.39. The molecule has 1 aromatic carbocycles. The molecule has 0 aliphatic carbocycles. The molecule has 1 saturated heterocycles. The largest absolute Gasteiger partial charge is 0.493 e. The quantitative estimate of drug-likeness (QED) is 0.774. The number of nitrogens with one attached hydrogen (secondary N) is 1. The number of hydrogen-bond donors (Lipinski definition) is 2. The van der Waals surface area contributed by atoms with E-state index in [-0.39, 0.29) is 0 Å². The molecular weight excluding hydrogens is 214 g/mol. The van der Waals surface area contributed by atoms with Crippen molar-refractivity contribution in [3.05, 3.63) is 29.3 Å². The van der Waals surface area contributed by atoms with Crippen molar-refractivity contribution in [2.24, 2.45) is 0 Å². The van der Waals surface area contributed by atoms with Gasteiger partial charge in [0.2, 0.25) is 0 Å². The second-order valence-electron chi connectivity index (χ2n) is 5.09. The molecular formula is C14H19NO2. The van der Waals surface area contributed by atoms with E-state index in [9.17, 15) is 5.11 Å². The molecule has 92 valence electrons. The maximum Gasteiger partial charge on any atom is 0.122 e. The highest BCUT2D eigenvalue weighted by Crippen LogP contribution is 2.33. The zero-order valence-electron chi connectivity index (χ0n) is 10.0. The summed E-state index contributed by atoms with van der Waals surface area (Å²) in [7, 11) is 0. The molecule has 3 heteroatoms. The summed E-state index contributed by atoms with van der Waals surface area (Å²) in [6.45, 7) is 2.49. The van der Waals surface area contributed by atoms with Gasteiger partial charge in [-0.15, -0.1) is 0 Å². The van der Waals surface area contributed by atoms with Crippen molar-refractivity contribution < 1.29 is 9.84 Å². The van der Waals surface area contributed by atoms with Gasteiger partial charge in [-0.1, -0.05) is 6.07 Å². The number of hydrogen-bond acceptors (Lipinski definition) is 3. The first kappa shape index (κ1) is 11.1. The SMILES string of the molecule is OC1(c2ccc3c(c2)CCCO3)CCCNC1. The van der Waals surface area contributed by atoms with Crippen molar-refractivity contribution in [1.29, 1.82) is 0 Å². The van der Waals surface area contributed by atoms with Crippen LogP contribution in [0.2, 0.25) is 0 Å². The third-order valence-corrected chi connectivity index (χ3v) is 3.81. The lowest BCUT2D eigenvalue weighted by Crippen LogP contribution is -2.43. The zero-order valence-corrected chi connectivity index (χ0v) is 10.0. The number of β-amino-alcohol motifs (C(OH)–C–C–N with tert-alkyl or cyclic N) is 1. The van der Waals surface area contributed by atoms with Crippen molar-refractivity contribution in [3.8, 4) is 5.75 Å². The van der Waals surface area contributed by atoms with Crippen molar-refractivity contribution in [2.45, 2.75) is 31.3 Å². The first-order chi connectivity index (χ1) is 8.28. The molecule has 2 heterocycles. The van der Waals surface area contributed by atoms with E-state index >= 15 is 0 Å². The highest BCUT2D eigenvalue weighted by molar-refractivity contribution is 5.40. The molecule has 3 nitrogen and oxygen atoms in total. The van der Waals surface area contributed by atoms with Gasteiger partial charge < -0.3 is 15.2 Å². The summed E-state index contributed by atoms with van der Waals surface area (Å²) in [6.07, 6.45) is 4.02. The van der Waals surface area contributed by atoms with Crippen LogP contribution in [0, 0.1) is 0 Å². The van der Waals surface area contributed by atoms with Crippen molar-refractivity contribution >= 4 is 0 Å². The van der Waals surface area contributed by atoms with Crippen LogP contribution in [-0.2, 0) is 12.0 Å². The Labute approximate surface area is 102 Å². The third kappa shape index (κ3) is 2.05. The van der Waals surface area contributed by atoms with E-state index in [0.717, 1.165) is 50.1 Å². The number of aryl methyl sites for hydroxylation is 1. The van der Waals surface area contributed by atoms with Crippen LogP contribution in [-0.4, -0.2) is 24.8 Å². The summed E-state index contributed by atoms with van der Waals surface area (Å²) in [5.74, 6) is 0.993. The molecule has 1 atom stereocenters. The maximum atomic E-state index is 10.6. The topological polar surface area (TPSA) is 41.5 Å². The Morgan fingerprint density at radius 1 is 1.29 bits per heavy atom. The Morgan fingerprint density at radius 3 is 3.06 bits per heavy atom. The fourth-order valence-corrected chi connectivity index (χ4v) is 2.79. The monoisotopic (exact) mass is 233 g/mol. The van der Waals surface area contributed by atoms with Gasteiger partial charge in [0.05, 0.1) is 6.61 Å². The summed E-state index contributed by atoms with van der Waals surface area (Å²) < 4.78 is 5.60. The Morgan fingerprint density at radius 2 is 2.24 bits per heavy atom.